The monoisotopic (exact) mass is 401 g/mol. The molecule has 2 aromatic heterocycles. The van der Waals surface area contributed by atoms with E-state index in [-0.39, 0.29) is 24.2 Å². The topological polar surface area (TPSA) is 102 Å². The van der Waals surface area contributed by atoms with Gasteiger partial charge >= 0.3 is 0 Å². The quantitative estimate of drug-likeness (QED) is 0.661. The van der Waals surface area contributed by atoms with Gasteiger partial charge < -0.3 is 16.4 Å². The summed E-state index contributed by atoms with van der Waals surface area (Å²) < 4.78 is 1.76. The molecule has 9 heteroatoms. The third kappa shape index (κ3) is 4.75. The van der Waals surface area contributed by atoms with Gasteiger partial charge in [-0.05, 0) is 32.8 Å². The number of nitrogens with one attached hydrogen (secondary N) is 2. The number of nitrogens with zero attached hydrogens (tertiary/aromatic N) is 2. The summed E-state index contributed by atoms with van der Waals surface area (Å²) in [5.41, 5.74) is 6.67. The van der Waals surface area contributed by atoms with Crippen molar-refractivity contribution >= 4 is 45.8 Å². The summed E-state index contributed by atoms with van der Waals surface area (Å²) in [6.45, 7) is 7.97. The molecule has 0 saturated heterocycles. The number of carbonyl (C=O) groups excluding carboxylic acids is 2. The molecule has 0 saturated carbocycles. The third-order valence-corrected chi connectivity index (χ3v) is 5.88. The molecule has 2 heterocycles. The van der Waals surface area contributed by atoms with E-state index in [0.717, 1.165) is 28.8 Å². The standard InChI is InChI=1S/C17H27N5O2S.ClH/c1-6-17(18,7-2)9-19-14(23)11(4)20-15(24)13-8-12-10(3)21-22(5)16(12)25-13;/h8,11H,6-7,9,18H2,1-5H3,(H,19,23)(H,20,24);1H. The number of hydrogen-bond acceptors (Lipinski definition) is 5. The van der Waals surface area contributed by atoms with E-state index in [9.17, 15) is 9.59 Å². The third-order valence-electron chi connectivity index (χ3n) is 4.68. The largest absolute Gasteiger partial charge is 0.352 e. The number of thiophene rings is 1. The molecule has 0 aliphatic carbocycles. The summed E-state index contributed by atoms with van der Waals surface area (Å²) in [4.78, 5) is 26.2. The Bertz CT molecular complexity index is 747. The van der Waals surface area contributed by atoms with E-state index in [4.69, 9.17) is 5.73 Å². The minimum absolute atomic E-state index is 0. The second kappa shape index (κ2) is 8.83. The highest BCUT2D eigenvalue weighted by molar-refractivity contribution is 7.20. The van der Waals surface area contributed by atoms with Crippen LogP contribution < -0.4 is 16.4 Å². The van der Waals surface area contributed by atoms with E-state index in [0.29, 0.717) is 11.4 Å². The van der Waals surface area contributed by atoms with Gasteiger partial charge in [0.15, 0.2) is 0 Å². The highest BCUT2D eigenvalue weighted by atomic mass is 35.5. The second-order valence-corrected chi connectivity index (χ2v) is 7.55. The van der Waals surface area contributed by atoms with Crippen LogP contribution in [-0.4, -0.2) is 39.7 Å². The van der Waals surface area contributed by atoms with Crippen LogP contribution in [0.2, 0.25) is 0 Å². The van der Waals surface area contributed by atoms with Crippen molar-refractivity contribution in [3.63, 3.8) is 0 Å². The Kier molecular flexibility index (Phi) is 7.61. The number of nitrogens with two attached hydrogens (primary N) is 1. The first kappa shape index (κ1) is 22.4. The molecule has 146 valence electrons. The average Bonchev–Trinajstić information content (AvgIpc) is 3.14. The van der Waals surface area contributed by atoms with Crippen LogP contribution >= 0.6 is 23.7 Å². The number of aromatic nitrogens is 2. The number of rotatable bonds is 7. The summed E-state index contributed by atoms with van der Waals surface area (Å²) in [6.07, 6.45) is 1.55. The zero-order valence-corrected chi connectivity index (χ0v) is 17.5. The van der Waals surface area contributed by atoms with Gasteiger partial charge in [0.1, 0.15) is 10.9 Å². The molecule has 26 heavy (non-hydrogen) atoms. The predicted molar refractivity (Wildman–Crippen MR) is 108 cm³/mol. The van der Waals surface area contributed by atoms with E-state index in [1.54, 1.807) is 11.6 Å². The van der Waals surface area contributed by atoms with Crippen LogP contribution in [-0.2, 0) is 11.8 Å². The van der Waals surface area contributed by atoms with Gasteiger partial charge in [-0.3, -0.25) is 14.3 Å². The Balaban J connectivity index is 0.00000338. The first-order valence-electron chi connectivity index (χ1n) is 8.51. The number of amides is 2. The highest BCUT2D eigenvalue weighted by Gasteiger charge is 2.24. The summed E-state index contributed by atoms with van der Waals surface area (Å²) in [5, 5.41) is 10.9. The van der Waals surface area contributed by atoms with Gasteiger partial charge in [-0.1, -0.05) is 13.8 Å². The molecule has 1 atom stereocenters. The van der Waals surface area contributed by atoms with Gasteiger partial charge in [-0.2, -0.15) is 5.10 Å². The fraction of sp³-hybridized carbons (Fsp3) is 0.588. The van der Waals surface area contributed by atoms with Crippen LogP contribution in [0.3, 0.4) is 0 Å². The maximum Gasteiger partial charge on any atom is 0.262 e. The Hall–Kier alpha value is -1.64. The van der Waals surface area contributed by atoms with Crippen molar-refractivity contribution in [2.45, 2.75) is 52.1 Å². The number of halogens is 1. The fourth-order valence-electron chi connectivity index (χ4n) is 2.57. The first-order chi connectivity index (χ1) is 11.7. The van der Waals surface area contributed by atoms with Crippen LogP contribution in [0.15, 0.2) is 6.07 Å². The van der Waals surface area contributed by atoms with E-state index >= 15 is 0 Å². The molecule has 0 bridgehead atoms. The van der Waals surface area contributed by atoms with Crippen molar-refractivity contribution in [2.24, 2.45) is 12.8 Å². The fourth-order valence-corrected chi connectivity index (χ4v) is 3.59. The predicted octanol–water partition coefficient (Wildman–Crippen LogP) is 2.12. The average molecular weight is 402 g/mol. The normalized spacial score (nSPS) is 12.5. The molecule has 2 amide bonds. The first-order valence-corrected chi connectivity index (χ1v) is 9.33. The lowest BCUT2D eigenvalue weighted by Crippen LogP contribution is -2.53. The zero-order valence-electron chi connectivity index (χ0n) is 15.9. The van der Waals surface area contributed by atoms with Crippen molar-refractivity contribution < 1.29 is 9.59 Å². The van der Waals surface area contributed by atoms with E-state index in [1.807, 2.05) is 33.9 Å². The Labute approximate surface area is 164 Å². The van der Waals surface area contributed by atoms with Gasteiger partial charge in [-0.25, -0.2) is 0 Å². The lowest BCUT2D eigenvalue weighted by Gasteiger charge is -2.27. The lowest BCUT2D eigenvalue weighted by atomic mass is 9.94. The molecule has 2 rings (SSSR count). The van der Waals surface area contributed by atoms with Gasteiger partial charge in [0.2, 0.25) is 5.91 Å². The lowest BCUT2D eigenvalue weighted by molar-refractivity contribution is -0.122. The molecule has 0 aliphatic heterocycles. The molecule has 0 fully saturated rings. The number of fused-ring (bicyclic) bond motifs is 1. The van der Waals surface area contributed by atoms with E-state index < -0.39 is 11.6 Å². The molecule has 2 aromatic rings. The maximum atomic E-state index is 12.4. The summed E-state index contributed by atoms with van der Waals surface area (Å²) in [5.74, 6) is -0.489. The molecule has 0 aliphatic rings. The smallest absolute Gasteiger partial charge is 0.262 e. The Morgan fingerprint density at radius 3 is 2.54 bits per heavy atom. The molecule has 0 aromatic carbocycles. The Morgan fingerprint density at radius 1 is 1.38 bits per heavy atom. The van der Waals surface area contributed by atoms with Gasteiger partial charge in [0.25, 0.3) is 5.91 Å². The SMILES string of the molecule is CCC(N)(CC)CNC(=O)C(C)NC(=O)c1cc2c(C)nn(C)c2s1.Cl. The van der Waals surface area contributed by atoms with E-state index in [1.165, 1.54) is 11.3 Å². The van der Waals surface area contributed by atoms with Crippen LogP contribution in [0, 0.1) is 6.92 Å². The van der Waals surface area contributed by atoms with Crippen LogP contribution in [0.5, 0.6) is 0 Å². The number of carbonyl (C=O) groups is 2. The summed E-state index contributed by atoms with van der Waals surface area (Å²) in [6, 6.07) is 1.19. The highest BCUT2D eigenvalue weighted by Crippen LogP contribution is 2.27. The summed E-state index contributed by atoms with van der Waals surface area (Å²) in [7, 11) is 1.85. The van der Waals surface area contributed by atoms with Gasteiger partial charge in [0.05, 0.1) is 10.6 Å². The molecule has 4 N–H and O–H groups in total. The minimum atomic E-state index is -0.630. The van der Waals surface area contributed by atoms with Crippen molar-refractivity contribution in [3.8, 4) is 0 Å². The van der Waals surface area contributed by atoms with Gasteiger partial charge in [-0.15, -0.1) is 23.7 Å². The molecular weight excluding hydrogens is 374 g/mol. The van der Waals surface area contributed by atoms with Crippen molar-refractivity contribution in [3.05, 3.63) is 16.6 Å². The van der Waals surface area contributed by atoms with Gasteiger partial charge in [0, 0.05) is 24.5 Å². The second-order valence-electron chi connectivity index (χ2n) is 6.52. The van der Waals surface area contributed by atoms with Crippen LogP contribution in [0.25, 0.3) is 10.2 Å². The number of hydrogen-bond donors (Lipinski definition) is 3. The molecule has 7 nitrogen and oxygen atoms in total. The minimum Gasteiger partial charge on any atom is -0.352 e. The number of aryl methyl sites for hydroxylation is 2. The van der Waals surface area contributed by atoms with Crippen molar-refractivity contribution in [1.29, 1.82) is 0 Å². The zero-order chi connectivity index (χ0) is 18.8. The molecule has 0 spiro atoms. The maximum absolute atomic E-state index is 12.4. The molecule has 1 unspecified atom stereocenters. The molecule has 0 radical (unpaired) electrons. The Morgan fingerprint density at radius 2 is 2.00 bits per heavy atom. The summed E-state index contributed by atoms with van der Waals surface area (Å²) >= 11 is 1.37. The molecular formula is C17H28ClN5O2S. The van der Waals surface area contributed by atoms with E-state index in [2.05, 4.69) is 15.7 Å². The van der Waals surface area contributed by atoms with Crippen molar-refractivity contribution in [2.75, 3.05) is 6.54 Å². The van der Waals surface area contributed by atoms with Crippen molar-refractivity contribution in [1.82, 2.24) is 20.4 Å². The van der Waals surface area contributed by atoms with Crippen LogP contribution in [0.4, 0.5) is 0 Å². The van der Waals surface area contributed by atoms with Crippen LogP contribution in [0.1, 0.15) is 49.0 Å².